The first kappa shape index (κ1) is 25.5. The third-order valence-corrected chi connectivity index (χ3v) is 7.16. The highest BCUT2D eigenvalue weighted by Gasteiger charge is 2.36. The highest BCUT2D eigenvalue weighted by molar-refractivity contribution is 7.39. The van der Waals surface area contributed by atoms with E-state index in [1.54, 1.807) is 0 Å². The topological polar surface area (TPSA) is 81.7 Å². The molecule has 172 valence electrons. The molecule has 0 saturated heterocycles. The van der Waals surface area contributed by atoms with E-state index in [4.69, 9.17) is 9.26 Å². The average molecular weight is 451 g/mol. The molecule has 6 nitrogen and oxygen atoms in total. The Kier molecular flexibility index (Phi) is 11.2. The normalized spacial score (nSPS) is 17.1. The van der Waals surface area contributed by atoms with Gasteiger partial charge >= 0.3 is 14.0 Å². The lowest BCUT2D eigenvalue weighted by Gasteiger charge is -2.24. The van der Waals surface area contributed by atoms with Gasteiger partial charge in [-0.05, 0) is 34.8 Å². The molecule has 7 heteroatoms. The van der Waals surface area contributed by atoms with Gasteiger partial charge in [-0.25, -0.2) is 0 Å². The minimum atomic E-state index is -2.11. The fraction of sp³-hybridized carbons (Fsp3) is 0.667. The molecule has 1 saturated carbocycles. The van der Waals surface area contributed by atoms with Crippen molar-refractivity contribution >= 4 is 19.9 Å². The number of esters is 1. The van der Waals surface area contributed by atoms with Crippen LogP contribution in [0.5, 0.6) is 0 Å². The van der Waals surface area contributed by atoms with E-state index in [9.17, 15) is 14.2 Å². The van der Waals surface area contributed by atoms with Crippen LogP contribution in [0.1, 0.15) is 64.4 Å². The van der Waals surface area contributed by atoms with Crippen molar-refractivity contribution in [2.75, 3.05) is 13.3 Å². The van der Waals surface area contributed by atoms with E-state index in [2.05, 4.69) is 5.32 Å². The van der Waals surface area contributed by atoms with E-state index in [-0.39, 0.29) is 24.0 Å². The summed E-state index contributed by atoms with van der Waals surface area (Å²) in [6.07, 6.45) is 6.97. The third kappa shape index (κ3) is 9.49. The molecule has 1 amide bonds. The molecule has 31 heavy (non-hydrogen) atoms. The van der Waals surface area contributed by atoms with Gasteiger partial charge in [0.25, 0.3) is 0 Å². The van der Waals surface area contributed by atoms with Gasteiger partial charge in [-0.2, -0.15) is 0 Å². The van der Waals surface area contributed by atoms with Gasteiger partial charge in [0.05, 0.1) is 7.11 Å². The Morgan fingerprint density at radius 1 is 1.13 bits per heavy atom. The number of methoxy groups -OCH3 is 1. The number of ether oxygens (including phenoxy) is 1. The second-order valence-corrected chi connectivity index (χ2v) is 10.0. The number of amides is 1. The van der Waals surface area contributed by atoms with Gasteiger partial charge in [0.1, 0.15) is 5.92 Å². The number of benzene rings is 1. The maximum Gasteiger partial charge on any atom is 0.511 e. The molecule has 3 atom stereocenters. The first-order valence-corrected chi connectivity index (χ1v) is 12.8. The molecular weight excluding hydrogens is 413 g/mol. The highest BCUT2D eigenvalue weighted by Crippen LogP contribution is 2.34. The van der Waals surface area contributed by atoms with Crippen LogP contribution in [0.25, 0.3) is 0 Å². The lowest BCUT2D eigenvalue weighted by molar-refractivity contribution is -0.146. The number of rotatable bonds is 12. The fourth-order valence-electron chi connectivity index (χ4n) is 4.06. The van der Waals surface area contributed by atoms with E-state index >= 15 is 0 Å². The lowest BCUT2D eigenvalue weighted by Crippen LogP contribution is -2.38. The van der Waals surface area contributed by atoms with Crippen LogP contribution in [-0.2, 0) is 29.8 Å². The zero-order valence-electron chi connectivity index (χ0n) is 19.0. The Bertz CT molecular complexity index is 703. The molecule has 1 aromatic rings. The van der Waals surface area contributed by atoms with Gasteiger partial charge in [-0.1, -0.05) is 76.3 Å². The predicted octanol–water partition coefficient (Wildman–Crippen LogP) is 5.24. The number of hydrogen-bond donors (Lipinski definition) is 1. The molecule has 0 radical (unpaired) electrons. The van der Waals surface area contributed by atoms with Crippen LogP contribution in [0.4, 0.5) is 0 Å². The van der Waals surface area contributed by atoms with Crippen molar-refractivity contribution < 1.29 is 23.4 Å². The van der Waals surface area contributed by atoms with Crippen molar-refractivity contribution in [3.63, 3.8) is 0 Å². The van der Waals surface area contributed by atoms with Crippen molar-refractivity contribution in [1.82, 2.24) is 5.32 Å². The summed E-state index contributed by atoms with van der Waals surface area (Å²) in [6, 6.07) is 9.86. The van der Waals surface area contributed by atoms with Gasteiger partial charge < -0.3 is 10.1 Å². The highest BCUT2D eigenvalue weighted by atomic mass is 31.1. The number of hydrogen-bond acceptors (Lipinski definition) is 5. The van der Waals surface area contributed by atoms with Crippen molar-refractivity contribution in [2.24, 2.45) is 17.8 Å². The Morgan fingerprint density at radius 2 is 1.81 bits per heavy atom. The molecule has 2 rings (SSSR count). The molecule has 1 aliphatic carbocycles. The van der Waals surface area contributed by atoms with Gasteiger partial charge in [0.2, 0.25) is 5.91 Å². The third-order valence-electron chi connectivity index (χ3n) is 5.98. The first-order chi connectivity index (χ1) is 14.9. The van der Waals surface area contributed by atoms with E-state index < -0.39 is 20.2 Å². The Morgan fingerprint density at radius 3 is 2.42 bits per heavy atom. The molecule has 0 bridgehead atoms. The summed E-state index contributed by atoms with van der Waals surface area (Å²) in [4.78, 5) is 24.6. The largest absolute Gasteiger partial charge is 0.511 e. The molecule has 0 aromatic heterocycles. The van der Waals surface area contributed by atoms with Crippen LogP contribution in [0.2, 0.25) is 0 Å². The summed E-state index contributed by atoms with van der Waals surface area (Å²) in [6.45, 7) is 3.80. The van der Waals surface area contributed by atoms with E-state index in [1.807, 2.05) is 44.2 Å². The number of aryl methyl sites for hydroxylation is 1. The predicted molar refractivity (Wildman–Crippen MR) is 122 cm³/mol. The monoisotopic (exact) mass is 450 g/mol. The first-order valence-electron chi connectivity index (χ1n) is 11.4. The molecule has 1 N–H and O–H groups in total. The molecule has 0 spiro atoms. The van der Waals surface area contributed by atoms with E-state index in [1.165, 1.54) is 26.4 Å². The molecule has 0 aliphatic heterocycles. The van der Waals surface area contributed by atoms with E-state index in [0.717, 1.165) is 18.4 Å². The maximum absolute atomic E-state index is 12.8. The molecule has 0 heterocycles. The van der Waals surface area contributed by atoms with Crippen molar-refractivity contribution in [1.29, 1.82) is 0 Å². The van der Waals surface area contributed by atoms with Gasteiger partial charge in [0, 0.05) is 6.42 Å². The summed E-state index contributed by atoms with van der Waals surface area (Å²) >= 11 is 0. The van der Waals surface area contributed by atoms with Gasteiger partial charge in [-0.3, -0.25) is 9.59 Å². The smallest absolute Gasteiger partial charge is 0.469 e. The molecule has 3 unspecified atom stereocenters. The minimum Gasteiger partial charge on any atom is -0.469 e. The summed E-state index contributed by atoms with van der Waals surface area (Å²) < 4.78 is 23.4. The Balaban J connectivity index is 1.95. The van der Waals surface area contributed by atoms with Crippen molar-refractivity contribution in [2.45, 2.75) is 71.4 Å². The molecular formula is C24H37NO5P+. The fourth-order valence-corrected chi connectivity index (χ4v) is 5.46. The zero-order valence-corrected chi connectivity index (χ0v) is 19.9. The number of carbonyl (C=O) groups is 2. The summed E-state index contributed by atoms with van der Waals surface area (Å²) in [5.74, 6) is -0.526. The second-order valence-electron chi connectivity index (χ2n) is 8.78. The van der Waals surface area contributed by atoms with Gasteiger partial charge in [-0.15, -0.1) is 4.52 Å². The molecule has 1 fully saturated rings. The second kappa shape index (κ2) is 13.6. The molecule has 1 aliphatic rings. The van der Waals surface area contributed by atoms with Crippen molar-refractivity contribution in [3.8, 4) is 0 Å². The average Bonchev–Trinajstić information content (AvgIpc) is 2.76. The minimum absolute atomic E-state index is 0.00717. The van der Waals surface area contributed by atoms with Crippen LogP contribution in [0.15, 0.2) is 30.3 Å². The number of carbonyl (C=O) groups excluding carboxylic acids is 2. The number of nitrogens with one attached hydrogen (secondary N) is 1. The standard InChI is InChI=1S/C24H36NO5P/c1-18(2)21(24(27)29-3)17-31(28)30-23(16-20-12-8-5-9-13-20)25-22(26)15-14-19-10-6-4-7-11-19/h4,6-7,10-11,18,20-21,23H,5,8-9,12-17H2,1-3H3/p+1. The van der Waals surface area contributed by atoms with Gasteiger partial charge in [0.15, 0.2) is 12.4 Å². The summed E-state index contributed by atoms with van der Waals surface area (Å²) in [7, 11) is -0.768. The Hall–Kier alpha value is -1.78. The lowest BCUT2D eigenvalue weighted by atomic mass is 9.86. The van der Waals surface area contributed by atoms with Crippen LogP contribution in [0, 0.1) is 17.8 Å². The van der Waals surface area contributed by atoms with Crippen LogP contribution in [-0.4, -0.2) is 31.4 Å². The zero-order chi connectivity index (χ0) is 22.6. The molecule has 1 aromatic carbocycles. The van der Waals surface area contributed by atoms with E-state index in [0.29, 0.717) is 25.2 Å². The summed E-state index contributed by atoms with van der Waals surface area (Å²) in [5.41, 5.74) is 1.10. The Labute approximate surface area is 187 Å². The quantitative estimate of drug-likeness (QED) is 0.268. The van der Waals surface area contributed by atoms with Crippen LogP contribution in [0.3, 0.4) is 0 Å². The van der Waals surface area contributed by atoms with Crippen LogP contribution >= 0.6 is 8.03 Å². The summed E-state index contributed by atoms with van der Waals surface area (Å²) in [5, 5.41) is 2.95. The van der Waals surface area contributed by atoms with Crippen LogP contribution < -0.4 is 5.32 Å². The SMILES string of the molecule is COC(=O)C(C[P+](=O)OC(CC1CCCCC1)NC(=O)CCc1ccccc1)C(C)C. The van der Waals surface area contributed by atoms with Crippen molar-refractivity contribution in [3.05, 3.63) is 35.9 Å². The maximum atomic E-state index is 12.8.